The van der Waals surface area contributed by atoms with E-state index in [2.05, 4.69) is 15.2 Å². The van der Waals surface area contributed by atoms with Crippen molar-refractivity contribution in [1.29, 1.82) is 0 Å². The Bertz CT molecular complexity index is 995. The van der Waals surface area contributed by atoms with E-state index in [9.17, 15) is 18.0 Å². The lowest BCUT2D eigenvalue weighted by atomic mass is 10.2. The third-order valence-corrected chi connectivity index (χ3v) is 4.02. The summed E-state index contributed by atoms with van der Waals surface area (Å²) in [7, 11) is 0. The molecule has 1 heterocycles. The fraction of sp³-hybridized carbons (Fsp3) is 0.200. The van der Waals surface area contributed by atoms with Gasteiger partial charge in [-0.05, 0) is 44.2 Å². The Morgan fingerprint density at radius 1 is 1.14 bits per heavy atom. The molecule has 29 heavy (non-hydrogen) atoms. The van der Waals surface area contributed by atoms with Gasteiger partial charge in [0.1, 0.15) is 18.1 Å². The Labute approximate surface area is 164 Å². The summed E-state index contributed by atoms with van der Waals surface area (Å²) >= 11 is 0. The maximum Gasteiger partial charge on any atom is 0.573 e. The molecule has 0 bridgehead atoms. The zero-order valence-corrected chi connectivity index (χ0v) is 15.5. The summed E-state index contributed by atoms with van der Waals surface area (Å²) in [5.41, 5.74) is 1.62. The van der Waals surface area contributed by atoms with Gasteiger partial charge in [0, 0.05) is 5.56 Å². The van der Waals surface area contributed by atoms with Crippen LogP contribution in [0.2, 0.25) is 0 Å². The minimum Gasteiger partial charge on any atom is -0.489 e. The minimum atomic E-state index is -4.87. The number of anilines is 1. The minimum absolute atomic E-state index is 0.100. The Balaban J connectivity index is 1.72. The largest absolute Gasteiger partial charge is 0.573 e. The first-order valence-electron chi connectivity index (χ1n) is 8.53. The average Bonchev–Trinajstić information content (AvgIpc) is 2.98. The van der Waals surface area contributed by atoms with Crippen LogP contribution < -0.4 is 14.8 Å². The second kappa shape index (κ2) is 8.26. The molecule has 0 atom stereocenters. The van der Waals surface area contributed by atoms with E-state index in [1.807, 2.05) is 0 Å². The van der Waals surface area contributed by atoms with E-state index in [-0.39, 0.29) is 17.9 Å². The Morgan fingerprint density at radius 2 is 1.90 bits per heavy atom. The standard InChI is InChI=1S/C20H17F3N2O4/c1-12-16(13(2)29-25-12)11-27-15-7-5-6-14(10-15)19(26)24-17-8-3-4-9-18(17)28-20(21,22)23/h3-10H,11H2,1-2H3,(H,24,26). The highest BCUT2D eigenvalue weighted by Crippen LogP contribution is 2.30. The molecular formula is C20H17F3N2O4. The number of amides is 1. The molecule has 0 unspecified atom stereocenters. The van der Waals surface area contributed by atoms with Crippen molar-refractivity contribution in [3.05, 3.63) is 71.1 Å². The van der Waals surface area contributed by atoms with Gasteiger partial charge in [-0.2, -0.15) is 0 Å². The van der Waals surface area contributed by atoms with Crippen LogP contribution >= 0.6 is 0 Å². The highest BCUT2D eigenvalue weighted by molar-refractivity contribution is 6.05. The Hall–Kier alpha value is -3.49. The molecule has 0 fully saturated rings. The molecule has 3 rings (SSSR count). The summed E-state index contributed by atoms with van der Waals surface area (Å²) in [6.45, 7) is 3.76. The molecule has 1 amide bonds. The van der Waals surface area contributed by atoms with Gasteiger partial charge in [0.2, 0.25) is 0 Å². The lowest BCUT2D eigenvalue weighted by Crippen LogP contribution is -2.19. The third-order valence-electron chi connectivity index (χ3n) is 4.02. The van der Waals surface area contributed by atoms with Gasteiger partial charge in [0.25, 0.3) is 5.91 Å². The van der Waals surface area contributed by atoms with Crippen molar-refractivity contribution < 1.29 is 32.0 Å². The number of nitrogens with zero attached hydrogens (tertiary/aromatic N) is 1. The molecule has 1 N–H and O–H groups in total. The van der Waals surface area contributed by atoms with Gasteiger partial charge >= 0.3 is 6.36 Å². The fourth-order valence-electron chi connectivity index (χ4n) is 2.57. The molecule has 0 saturated heterocycles. The Kier molecular flexibility index (Phi) is 5.76. The number of aromatic nitrogens is 1. The molecule has 0 aliphatic carbocycles. The smallest absolute Gasteiger partial charge is 0.489 e. The topological polar surface area (TPSA) is 73.6 Å². The number of carbonyl (C=O) groups is 1. The molecule has 3 aromatic rings. The van der Waals surface area contributed by atoms with Crippen molar-refractivity contribution >= 4 is 11.6 Å². The molecular weight excluding hydrogens is 389 g/mol. The van der Waals surface area contributed by atoms with Gasteiger partial charge in [0.05, 0.1) is 16.9 Å². The molecule has 0 aliphatic rings. The van der Waals surface area contributed by atoms with E-state index < -0.39 is 18.0 Å². The number of para-hydroxylation sites is 2. The van der Waals surface area contributed by atoms with Crippen LogP contribution in [0.15, 0.2) is 53.1 Å². The summed E-state index contributed by atoms with van der Waals surface area (Å²) < 4.78 is 52.3. The number of halogens is 3. The van der Waals surface area contributed by atoms with Crippen molar-refractivity contribution in [2.45, 2.75) is 26.8 Å². The van der Waals surface area contributed by atoms with E-state index in [1.54, 1.807) is 26.0 Å². The first-order valence-corrected chi connectivity index (χ1v) is 8.53. The van der Waals surface area contributed by atoms with Crippen LogP contribution in [0.1, 0.15) is 27.4 Å². The first kappa shape index (κ1) is 20.2. The van der Waals surface area contributed by atoms with Crippen LogP contribution in [0.3, 0.4) is 0 Å². The average molecular weight is 406 g/mol. The van der Waals surface area contributed by atoms with Gasteiger partial charge in [-0.15, -0.1) is 13.2 Å². The van der Waals surface area contributed by atoms with Gasteiger partial charge in [-0.1, -0.05) is 23.4 Å². The van der Waals surface area contributed by atoms with E-state index in [4.69, 9.17) is 9.26 Å². The van der Waals surface area contributed by atoms with Gasteiger partial charge in [-0.25, -0.2) is 0 Å². The lowest BCUT2D eigenvalue weighted by Gasteiger charge is -2.14. The van der Waals surface area contributed by atoms with Crippen molar-refractivity contribution in [3.8, 4) is 11.5 Å². The number of alkyl halides is 3. The predicted molar refractivity (Wildman–Crippen MR) is 97.8 cm³/mol. The van der Waals surface area contributed by atoms with Gasteiger partial charge in [-0.3, -0.25) is 4.79 Å². The number of rotatable bonds is 6. The van der Waals surface area contributed by atoms with Crippen LogP contribution in [0.5, 0.6) is 11.5 Å². The first-order chi connectivity index (χ1) is 13.7. The lowest BCUT2D eigenvalue weighted by molar-refractivity contribution is -0.274. The molecule has 0 radical (unpaired) electrons. The molecule has 6 nitrogen and oxygen atoms in total. The zero-order chi connectivity index (χ0) is 21.0. The number of carbonyl (C=O) groups excluding carboxylic acids is 1. The second-order valence-electron chi connectivity index (χ2n) is 6.12. The maximum atomic E-state index is 12.5. The van der Waals surface area contributed by atoms with E-state index in [0.29, 0.717) is 17.2 Å². The highest BCUT2D eigenvalue weighted by Gasteiger charge is 2.32. The van der Waals surface area contributed by atoms with Crippen LogP contribution in [0.4, 0.5) is 18.9 Å². The van der Waals surface area contributed by atoms with Gasteiger partial charge in [0.15, 0.2) is 5.75 Å². The monoisotopic (exact) mass is 406 g/mol. The highest BCUT2D eigenvalue weighted by atomic mass is 19.4. The maximum absolute atomic E-state index is 12.5. The van der Waals surface area contributed by atoms with E-state index in [1.165, 1.54) is 30.3 Å². The van der Waals surface area contributed by atoms with Crippen LogP contribution in [-0.4, -0.2) is 17.4 Å². The number of ether oxygens (including phenoxy) is 2. The van der Waals surface area contributed by atoms with Crippen LogP contribution in [0, 0.1) is 13.8 Å². The van der Waals surface area contributed by atoms with Crippen LogP contribution in [-0.2, 0) is 6.61 Å². The molecule has 0 aliphatic heterocycles. The molecule has 1 aromatic heterocycles. The number of nitrogens with one attached hydrogen (secondary N) is 1. The second-order valence-corrected chi connectivity index (χ2v) is 6.12. The molecule has 9 heteroatoms. The number of hydrogen-bond acceptors (Lipinski definition) is 5. The van der Waals surface area contributed by atoms with Crippen molar-refractivity contribution in [1.82, 2.24) is 5.16 Å². The van der Waals surface area contributed by atoms with Gasteiger partial charge < -0.3 is 19.3 Å². The quantitative estimate of drug-likeness (QED) is 0.622. The Morgan fingerprint density at radius 3 is 2.59 bits per heavy atom. The summed E-state index contributed by atoms with van der Waals surface area (Å²) in [4.78, 5) is 12.5. The van der Waals surface area contributed by atoms with E-state index >= 15 is 0 Å². The predicted octanol–water partition coefficient (Wildman–Crippen LogP) is 5.02. The van der Waals surface area contributed by atoms with Crippen molar-refractivity contribution in [2.75, 3.05) is 5.32 Å². The van der Waals surface area contributed by atoms with Crippen LogP contribution in [0.25, 0.3) is 0 Å². The summed E-state index contributed by atoms with van der Waals surface area (Å²) in [6.07, 6.45) is -4.87. The molecule has 0 spiro atoms. The summed E-state index contributed by atoms with van der Waals surface area (Å²) in [6, 6.07) is 11.6. The number of hydrogen-bond donors (Lipinski definition) is 1. The normalized spacial score (nSPS) is 11.2. The molecule has 0 saturated carbocycles. The van der Waals surface area contributed by atoms with Crippen molar-refractivity contribution in [2.24, 2.45) is 0 Å². The number of aryl methyl sites for hydroxylation is 2. The summed E-state index contributed by atoms with van der Waals surface area (Å²) in [5, 5.41) is 6.26. The SMILES string of the molecule is Cc1noc(C)c1COc1cccc(C(=O)Nc2ccccc2OC(F)(F)F)c1. The third kappa shape index (κ3) is 5.28. The zero-order valence-electron chi connectivity index (χ0n) is 15.5. The fourth-order valence-corrected chi connectivity index (χ4v) is 2.57. The molecule has 2 aromatic carbocycles. The molecule has 152 valence electrons. The van der Waals surface area contributed by atoms with Crippen molar-refractivity contribution in [3.63, 3.8) is 0 Å². The number of benzene rings is 2. The van der Waals surface area contributed by atoms with E-state index in [0.717, 1.165) is 11.6 Å². The summed E-state index contributed by atoms with van der Waals surface area (Å²) in [5.74, 6) is -0.0553.